The third-order valence-electron chi connectivity index (χ3n) is 3.01. The monoisotopic (exact) mass is 488 g/mol. The predicted octanol–water partition coefficient (Wildman–Crippen LogP) is 6.08. The summed E-state index contributed by atoms with van der Waals surface area (Å²) in [5.74, 6) is 0.987. The second-order valence-electron chi connectivity index (χ2n) is 4.22. The van der Waals surface area contributed by atoms with Crippen molar-refractivity contribution in [2.45, 2.75) is 11.2 Å². The summed E-state index contributed by atoms with van der Waals surface area (Å²) in [4.78, 5) is 0.00492. The van der Waals surface area contributed by atoms with Crippen molar-refractivity contribution in [2.75, 3.05) is 6.61 Å². The molecule has 1 atom stereocenters. The fourth-order valence-corrected chi connectivity index (χ4v) is 5.41. The van der Waals surface area contributed by atoms with Gasteiger partial charge in [-0.1, -0.05) is 39.1 Å². The van der Waals surface area contributed by atoms with Crippen molar-refractivity contribution in [1.29, 1.82) is 0 Å². The fourth-order valence-electron chi connectivity index (χ4n) is 2.18. The topological polar surface area (TPSA) is 9.23 Å². The first-order chi connectivity index (χ1) is 9.06. The van der Waals surface area contributed by atoms with Crippen molar-refractivity contribution in [3.05, 3.63) is 47.1 Å². The molecule has 1 nitrogen and oxygen atoms in total. The van der Waals surface area contributed by atoms with Crippen LogP contribution in [0.2, 0.25) is 8.67 Å². The van der Waals surface area contributed by atoms with E-state index in [1.807, 2.05) is 6.07 Å². The second kappa shape index (κ2) is 5.72. The molecular weight excluding hydrogens is 482 g/mol. The number of fused-ring (bicyclic) bond motifs is 1. The zero-order valence-electron chi connectivity index (χ0n) is 9.55. The summed E-state index contributed by atoms with van der Waals surface area (Å²) >= 11 is 19.7. The lowest BCUT2D eigenvalue weighted by molar-refractivity contribution is 0.354. The molecule has 19 heavy (non-hydrogen) atoms. The van der Waals surface area contributed by atoms with E-state index in [9.17, 15) is 0 Å². The van der Waals surface area contributed by atoms with E-state index in [2.05, 4.69) is 50.7 Å². The molecule has 2 aromatic rings. The smallest absolute Gasteiger partial charge is 0.127 e. The SMILES string of the molecule is Clc1cc(C(Br)c2cc(I)cc3c2OCC3)c(Cl)s1. The highest BCUT2D eigenvalue weighted by molar-refractivity contribution is 14.1. The van der Waals surface area contributed by atoms with Crippen molar-refractivity contribution in [3.63, 3.8) is 0 Å². The quantitative estimate of drug-likeness (QED) is 0.367. The minimum Gasteiger partial charge on any atom is -0.493 e. The van der Waals surface area contributed by atoms with E-state index in [0.717, 1.165) is 34.2 Å². The van der Waals surface area contributed by atoms with Gasteiger partial charge >= 0.3 is 0 Å². The third-order valence-corrected chi connectivity index (χ3v) is 6.13. The van der Waals surface area contributed by atoms with E-state index in [-0.39, 0.29) is 4.83 Å². The predicted molar refractivity (Wildman–Crippen MR) is 93.5 cm³/mol. The van der Waals surface area contributed by atoms with Crippen LogP contribution in [0, 0.1) is 3.57 Å². The van der Waals surface area contributed by atoms with Gasteiger partial charge in [0.15, 0.2) is 0 Å². The van der Waals surface area contributed by atoms with Gasteiger partial charge in [0.1, 0.15) is 5.75 Å². The van der Waals surface area contributed by atoms with E-state index < -0.39 is 0 Å². The zero-order valence-corrected chi connectivity index (χ0v) is 15.6. The van der Waals surface area contributed by atoms with Crippen LogP contribution in [0.15, 0.2) is 18.2 Å². The minimum absolute atomic E-state index is 0.00492. The van der Waals surface area contributed by atoms with Crippen LogP contribution < -0.4 is 4.74 Å². The normalized spacial score (nSPS) is 15.2. The fraction of sp³-hybridized carbons (Fsp3) is 0.231. The van der Waals surface area contributed by atoms with Crippen molar-refractivity contribution < 1.29 is 4.74 Å². The van der Waals surface area contributed by atoms with Gasteiger partial charge in [-0.2, -0.15) is 0 Å². The third kappa shape index (κ3) is 2.79. The summed E-state index contributed by atoms with van der Waals surface area (Å²) in [7, 11) is 0. The van der Waals surface area contributed by atoms with Crippen molar-refractivity contribution >= 4 is 73.1 Å². The highest BCUT2D eigenvalue weighted by Gasteiger charge is 2.25. The Labute approximate surface area is 147 Å². The molecule has 1 aliphatic heterocycles. The van der Waals surface area contributed by atoms with Gasteiger partial charge in [-0.15, -0.1) is 11.3 Å². The van der Waals surface area contributed by atoms with Gasteiger partial charge in [0.2, 0.25) is 0 Å². The number of halogens is 4. The molecular formula is C13H8BrCl2IOS. The number of hydrogen-bond acceptors (Lipinski definition) is 2. The molecule has 1 aromatic heterocycles. The van der Waals surface area contributed by atoms with Crippen LogP contribution in [0.25, 0.3) is 0 Å². The average Bonchev–Trinajstić information content (AvgIpc) is 2.93. The summed E-state index contributed by atoms with van der Waals surface area (Å²) in [6.07, 6.45) is 0.969. The molecule has 0 aliphatic carbocycles. The van der Waals surface area contributed by atoms with Gasteiger partial charge < -0.3 is 4.74 Å². The van der Waals surface area contributed by atoms with E-state index >= 15 is 0 Å². The first-order valence-electron chi connectivity index (χ1n) is 5.60. The summed E-state index contributed by atoms with van der Waals surface area (Å²) in [5, 5.41) is 0. The molecule has 0 radical (unpaired) electrons. The van der Waals surface area contributed by atoms with Crippen molar-refractivity contribution in [1.82, 2.24) is 0 Å². The van der Waals surface area contributed by atoms with Gasteiger partial charge in [0.25, 0.3) is 0 Å². The largest absolute Gasteiger partial charge is 0.493 e. The number of rotatable bonds is 2. The maximum atomic E-state index is 6.24. The Morgan fingerprint density at radius 3 is 2.74 bits per heavy atom. The van der Waals surface area contributed by atoms with Crippen LogP contribution in [0.1, 0.15) is 21.5 Å². The minimum atomic E-state index is 0.00492. The molecule has 2 heterocycles. The molecule has 1 unspecified atom stereocenters. The molecule has 0 saturated heterocycles. The van der Waals surface area contributed by atoms with Crippen molar-refractivity contribution in [2.24, 2.45) is 0 Å². The van der Waals surface area contributed by atoms with E-state index in [4.69, 9.17) is 27.9 Å². The Morgan fingerprint density at radius 1 is 1.26 bits per heavy atom. The molecule has 100 valence electrons. The maximum absolute atomic E-state index is 6.24. The number of hydrogen-bond donors (Lipinski definition) is 0. The average molecular weight is 490 g/mol. The van der Waals surface area contributed by atoms with Crippen LogP contribution in [0.5, 0.6) is 5.75 Å². The zero-order chi connectivity index (χ0) is 13.6. The van der Waals surface area contributed by atoms with Gasteiger partial charge in [-0.05, 0) is 46.4 Å². The van der Waals surface area contributed by atoms with Crippen LogP contribution in [-0.2, 0) is 6.42 Å². The van der Waals surface area contributed by atoms with E-state index in [1.165, 1.54) is 20.5 Å². The van der Waals surface area contributed by atoms with E-state index in [1.54, 1.807) is 0 Å². The summed E-state index contributed by atoms with van der Waals surface area (Å²) in [6, 6.07) is 6.22. The van der Waals surface area contributed by atoms with Crippen LogP contribution in [0.3, 0.4) is 0 Å². The second-order valence-corrected chi connectivity index (χ2v) is 8.67. The highest BCUT2D eigenvalue weighted by Crippen LogP contribution is 2.46. The lowest BCUT2D eigenvalue weighted by atomic mass is 10.0. The Morgan fingerprint density at radius 2 is 2.05 bits per heavy atom. The van der Waals surface area contributed by atoms with Gasteiger partial charge in [-0.3, -0.25) is 0 Å². The number of benzene rings is 1. The first-order valence-corrected chi connectivity index (χ1v) is 9.17. The molecule has 0 fully saturated rings. The first kappa shape index (κ1) is 14.4. The number of thiophene rings is 1. The Kier molecular flexibility index (Phi) is 4.35. The standard InChI is InChI=1S/C13H8BrCl2IOS/c14-11(9-5-10(15)19-13(9)16)8-4-7(17)3-6-1-2-18-12(6)8/h3-5,11H,1-2H2. The lowest BCUT2D eigenvalue weighted by Gasteiger charge is -2.14. The van der Waals surface area contributed by atoms with Gasteiger partial charge in [0.05, 0.1) is 20.1 Å². The highest BCUT2D eigenvalue weighted by atomic mass is 127. The van der Waals surface area contributed by atoms with Gasteiger partial charge in [0, 0.05) is 21.1 Å². The maximum Gasteiger partial charge on any atom is 0.127 e. The van der Waals surface area contributed by atoms with Crippen LogP contribution in [0.4, 0.5) is 0 Å². The molecule has 0 N–H and O–H groups in total. The Hall–Kier alpha value is 0.510. The Balaban J connectivity index is 2.09. The van der Waals surface area contributed by atoms with Crippen molar-refractivity contribution in [3.8, 4) is 5.75 Å². The molecule has 3 rings (SSSR count). The van der Waals surface area contributed by atoms with Crippen LogP contribution in [-0.4, -0.2) is 6.61 Å². The molecule has 6 heteroatoms. The summed E-state index contributed by atoms with van der Waals surface area (Å²) < 4.78 is 8.40. The lowest BCUT2D eigenvalue weighted by Crippen LogP contribution is -1.97. The van der Waals surface area contributed by atoms with Crippen LogP contribution >= 0.6 is 73.1 Å². The summed E-state index contributed by atoms with van der Waals surface area (Å²) in [5.41, 5.74) is 3.39. The Bertz CT molecular complexity index is 644. The molecule has 0 bridgehead atoms. The number of alkyl halides is 1. The number of ether oxygens (including phenoxy) is 1. The summed E-state index contributed by atoms with van der Waals surface area (Å²) in [6.45, 7) is 0.750. The van der Waals surface area contributed by atoms with Gasteiger partial charge in [-0.25, -0.2) is 0 Å². The van der Waals surface area contributed by atoms with E-state index in [0.29, 0.717) is 4.34 Å². The molecule has 1 aliphatic rings. The molecule has 0 spiro atoms. The molecule has 0 amide bonds. The molecule has 1 aromatic carbocycles. The molecule has 0 saturated carbocycles.